The molecule has 1 amide bonds. The van der Waals surface area contributed by atoms with E-state index < -0.39 is 11.5 Å². The van der Waals surface area contributed by atoms with Crippen LogP contribution in [0.4, 0.5) is 0 Å². The number of nitrogens with one attached hydrogen (secondary N) is 1. The normalized spacial score (nSPS) is 12.1. The van der Waals surface area contributed by atoms with E-state index >= 15 is 0 Å². The van der Waals surface area contributed by atoms with Gasteiger partial charge in [0, 0.05) is 11.4 Å². The highest BCUT2D eigenvalue weighted by molar-refractivity contribution is 6.01. The molecule has 0 unspecified atom stereocenters. The van der Waals surface area contributed by atoms with Gasteiger partial charge in [0.2, 0.25) is 5.91 Å². The first-order valence-electron chi connectivity index (χ1n) is 6.96. The summed E-state index contributed by atoms with van der Waals surface area (Å²) in [5.74, 6) is -1.62. The molecule has 0 spiro atoms. The zero-order chi connectivity index (χ0) is 16.3. The average Bonchev–Trinajstić information content (AvgIpc) is 2.49. The maximum absolute atomic E-state index is 12.3. The van der Waals surface area contributed by atoms with Crippen LogP contribution in [0.2, 0.25) is 0 Å². The van der Waals surface area contributed by atoms with Crippen LogP contribution in [0.3, 0.4) is 0 Å². The third-order valence-electron chi connectivity index (χ3n) is 3.38. The first-order valence-corrected chi connectivity index (χ1v) is 6.96. The molecule has 7 heteroatoms. The fourth-order valence-corrected chi connectivity index (χ4v) is 2.06. The lowest BCUT2D eigenvalue weighted by Gasteiger charge is -2.12. The van der Waals surface area contributed by atoms with Gasteiger partial charge in [-0.25, -0.2) is 9.48 Å². The monoisotopic (exact) mass is 303 g/mol. The van der Waals surface area contributed by atoms with Crippen molar-refractivity contribution in [1.29, 1.82) is 0 Å². The highest BCUT2D eigenvalue weighted by Gasteiger charge is 2.17. The van der Waals surface area contributed by atoms with Gasteiger partial charge in [0.25, 0.3) is 5.56 Å². The summed E-state index contributed by atoms with van der Waals surface area (Å²) in [5.41, 5.74) is -0.730. The Bertz CT molecular complexity index is 782. The summed E-state index contributed by atoms with van der Waals surface area (Å²) in [6.45, 7) is 3.46. The van der Waals surface area contributed by atoms with Crippen molar-refractivity contribution in [3.05, 3.63) is 40.3 Å². The highest BCUT2D eigenvalue weighted by Crippen LogP contribution is 2.12. The van der Waals surface area contributed by atoms with Crippen molar-refractivity contribution in [2.45, 2.75) is 32.9 Å². The Labute approximate surface area is 126 Å². The van der Waals surface area contributed by atoms with E-state index in [4.69, 9.17) is 0 Å². The first-order chi connectivity index (χ1) is 10.4. The molecule has 1 aromatic carbocycles. The van der Waals surface area contributed by atoms with Crippen molar-refractivity contribution in [2.75, 3.05) is 0 Å². The third-order valence-corrected chi connectivity index (χ3v) is 3.38. The van der Waals surface area contributed by atoms with Crippen molar-refractivity contribution in [3.63, 3.8) is 0 Å². The predicted octanol–water partition coefficient (Wildman–Crippen LogP) is 1.01. The Morgan fingerprint density at radius 2 is 1.95 bits per heavy atom. The van der Waals surface area contributed by atoms with Crippen molar-refractivity contribution < 1.29 is 14.7 Å². The third kappa shape index (κ3) is 3.13. The van der Waals surface area contributed by atoms with E-state index in [1.54, 1.807) is 12.1 Å². The number of carbonyl (C=O) groups is 2. The van der Waals surface area contributed by atoms with Gasteiger partial charge in [-0.3, -0.25) is 9.59 Å². The molecule has 1 aromatic heterocycles. The lowest BCUT2D eigenvalue weighted by molar-refractivity contribution is -0.122. The van der Waals surface area contributed by atoms with Gasteiger partial charge in [0.1, 0.15) is 6.54 Å². The Hall–Kier alpha value is -2.70. The molecule has 0 fully saturated rings. The molecule has 0 radical (unpaired) electrons. The summed E-state index contributed by atoms with van der Waals surface area (Å²) >= 11 is 0. The SMILES string of the molecule is CC[C@@H](C)NC(=O)Cn1nc(C(=O)O)c2ccccc2c1=O. The maximum Gasteiger partial charge on any atom is 0.357 e. The van der Waals surface area contributed by atoms with Crippen LogP contribution in [0.1, 0.15) is 30.8 Å². The Kier molecular flexibility index (Phi) is 4.55. The standard InChI is InChI=1S/C15H17N3O4/c1-3-9(2)16-12(19)8-18-14(20)11-7-5-4-6-10(11)13(17-18)15(21)22/h4-7,9H,3,8H2,1-2H3,(H,16,19)(H,21,22)/t9-/m1/s1. The number of aromatic carboxylic acids is 1. The van der Waals surface area contributed by atoms with Crippen LogP contribution in [0.25, 0.3) is 10.8 Å². The topological polar surface area (TPSA) is 101 Å². The van der Waals surface area contributed by atoms with E-state index in [0.29, 0.717) is 0 Å². The first kappa shape index (κ1) is 15.7. The molecule has 1 heterocycles. The van der Waals surface area contributed by atoms with Gasteiger partial charge in [0.05, 0.1) is 5.39 Å². The van der Waals surface area contributed by atoms with E-state index in [2.05, 4.69) is 10.4 Å². The minimum atomic E-state index is -1.24. The lowest BCUT2D eigenvalue weighted by Crippen LogP contribution is -2.38. The van der Waals surface area contributed by atoms with Crippen LogP contribution in [0, 0.1) is 0 Å². The largest absolute Gasteiger partial charge is 0.476 e. The van der Waals surface area contributed by atoms with E-state index in [9.17, 15) is 19.5 Å². The minimum absolute atomic E-state index is 0.0254. The van der Waals surface area contributed by atoms with Crippen LogP contribution >= 0.6 is 0 Å². The number of carboxylic acid groups (broad SMARTS) is 1. The molecule has 7 nitrogen and oxygen atoms in total. The molecule has 0 saturated carbocycles. The second kappa shape index (κ2) is 6.38. The molecule has 0 aliphatic carbocycles. The lowest BCUT2D eigenvalue weighted by atomic mass is 10.1. The molecular formula is C15H17N3O4. The fourth-order valence-electron chi connectivity index (χ4n) is 2.06. The Morgan fingerprint density at radius 1 is 1.32 bits per heavy atom. The summed E-state index contributed by atoms with van der Waals surface area (Å²) in [6, 6.07) is 6.29. The number of fused-ring (bicyclic) bond motifs is 1. The maximum atomic E-state index is 12.3. The molecule has 2 N–H and O–H groups in total. The molecule has 0 aliphatic heterocycles. The van der Waals surface area contributed by atoms with Crippen LogP contribution in [0.15, 0.2) is 29.1 Å². The number of aromatic nitrogens is 2. The summed E-state index contributed by atoms with van der Waals surface area (Å²) in [4.78, 5) is 35.5. The van der Waals surface area contributed by atoms with E-state index in [1.807, 2.05) is 13.8 Å². The Morgan fingerprint density at radius 3 is 2.55 bits per heavy atom. The number of rotatable bonds is 5. The van der Waals surface area contributed by atoms with Gasteiger partial charge >= 0.3 is 5.97 Å². The second-order valence-corrected chi connectivity index (χ2v) is 5.04. The van der Waals surface area contributed by atoms with Gasteiger partial charge < -0.3 is 10.4 Å². The van der Waals surface area contributed by atoms with Gasteiger partial charge in [-0.15, -0.1) is 0 Å². The van der Waals surface area contributed by atoms with Crippen LogP contribution in [-0.4, -0.2) is 32.8 Å². The molecular weight excluding hydrogens is 286 g/mol. The molecule has 1 atom stereocenters. The summed E-state index contributed by atoms with van der Waals surface area (Å²) in [7, 11) is 0. The van der Waals surface area contributed by atoms with E-state index in [0.717, 1.165) is 11.1 Å². The molecule has 2 aromatic rings. The van der Waals surface area contributed by atoms with Crippen molar-refractivity contribution in [2.24, 2.45) is 0 Å². The number of nitrogens with zero attached hydrogens (tertiary/aromatic N) is 2. The number of hydrogen-bond acceptors (Lipinski definition) is 4. The highest BCUT2D eigenvalue weighted by atomic mass is 16.4. The van der Waals surface area contributed by atoms with Gasteiger partial charge in [-0.05, 0) is 19.4 Å². The number of carbonyl (C=O) groups excluding carboxylic acids is 1. The summed E-state index contributed by atoms with van der Waals surface area (Å²) in [6.07, 6.45) is 0.756. The molecule has 2 rings (SSSR count). The smallest absolute Gasteiger partial charge is 0.357 e. The zero-order valence-electron chi connectivity index (χ0n) is 12.4. The van der Waals surface area contributed by atoms with Crippen molar-refractivity contribution >= 4 is 22.6 Å². The van der Waals surface area contributed by atoms with Gasteiger partial charge in [-0.1, -0.05) is 25.1 Å². The summed E-state index contributed by atoms with van der Waals surface area (Å²) < 4.78 is 0.892. The average molecular weight is 303 g/mol. The number of hydrogen-bond donors (Lipinski definition) is 2. The molecule has 116 valence electrons. The number of benzene rings is 1. The molecule has 0 bridgehead atoms. The van der Waals surface area contributed by atoms with Crippen LogP contribution < -0.4 is 10.9 Å². The van der Waals surface area contributed by atoms with Gasteiger partial charge in [0.15, 0.2) is 5.69 Å². The predicted molar refractivity (Wildman–Crippen MR) is 80.9 cm³/mol. The van der Waals surface area contributed by atoms with Crippen LogP contribution in [0.5, 0.6) is 0 Å². The quantitative estimate of drug-likeness (QED) is 0.858. The summed E-state index contributed by atoms with van der Waals surface area (Å²) in [5, 5.41) is 16.3. The van der Waals surface area contributed by atoms with Crippen LogP contribution in [-0.2, 0) is 11.3 Å². The van der Waals surface area contributed by atoms with Crippen molar-refractivity contribution in [3.8, 4) is 0 Å². The number of amides is 1. The minimum Gasteiger partial charge on any atom is -0.476 e. The fraction of sp³-hybridized carbons (Fsp3) is 0.333. The second-order valence-electron chi connectivity index (χ2n) is 5.04. The van der Waals surface area contributed by atoms with Crippen molar-refractivity contribution in [1.82, 2.24) is 15.1 Å². The molecule has 0 aliphatic rings. The van der Waals surface area contributed by atoms with E-state index in [1.165, 1.54) is 12.1 Å². The molecule has 22 heavy (non-hydrogen) atoms. The van der Waals surface area contributed by atoms with E-state index in [-0.39, 0.29) is 35.0 Å². The number of carboxylic acids is 1. The zero-order valence-corrected chi connectivity index (χ0v) is 12.4. The molecule has 0 saturated heterocycles. The Balaban J connectivity index is 2.46. The van der Waals surface area contributed by atoms with Gasteiger partial charge in [-0.2, -0.15) is 5.10 Å².